The molecule has 0 fully saturated rings. The van der Waals surface area contributed by atoms with Gasteiger partial charge in [-0.3, -0.25) is 0 Å². The van der Waals surface area contributed by atoms with Crippen molar-refractivity contribution in [2.24, 2.45) is 0 Å². The minimum Gasteiger partial charge on any atom is -0.492 e. The van der Waals surface area contributed by atoms with E-state index < -0.39 is 0 Å². The molecule has 3 N–H and O–H groups in total. The van der Waals surface area contributed by atoms with Crippen LogP contribution in [0.5, 0.6) is 5.75 Å². The lowest BCUT2D eigenvalue weighted by atomic mass is 10.0. The molecule has 0 atom stereocenters. The average molecular weight is 323 g/mol. The van der Waals surface area contributed by atoms with E-state index in [-0.39, 0.29) is 0 Å². The number of hydrogen-bond donors (Lipinski definition) is 2. The molecule has 124 valence electrons. The van der Waals surface area contributed by atoms with Crippen LogP contribution in [0, 0.1) is 0 Å². The predicted octanol–water partition coefficient (Wildman–Crippen LogP) is 3.22. The quantitative estimate of drug-likeness (QED) is 0.677. The minimum absolute atomic E-state index is 0.445. The number of hydrogen-bond acceptors (Lipinski definition) is 6. The van der Waals surface area contributed by atoms with Gasteiger partial charge in [-0.05, 0) is 35.7 Å². The van der Waals surface area contributed by atoms with E-state index in [0.29, 0.717) is 30.5 Å². The lowest BCUT2D eigenvalue weighted by Crippen LogP contribution is -2.13. The van der Waals surface area contributed by atoms with Crippen LogP contribution in [0.4, 0.5) is 11.6 Å². The molecule has 1 aromatic carbocycles. The molecule has 0 spiro atoms. The first-order valence-corrected chi connectivity index (χ1v) is 7.97. The van der Waals surface area contributed by atoms with Crippen LogP contribution < -0.4 is 15.8 Å². The van der Waals surface area contributed by atoms with E-state index in [4.69, 9.17) is 10.5 Å². The van der Waals surface area contributed by atoms with Crippen LogP contribution in [0.2, 0.25) is 0 Å². The van der Waals surface area contributed by atoms with Gasteiger partial charge in [0.05, 0.1) is 11.9 Å². The Morgan fingerprint density at radius 3 is 2.62 bits per heavy atom. The Morgan fingerprint density at radius 2 is 1.88 bits per heavy atom. The summed E-state index contributed by atoms with van der Waals surface area (Å²) < 4.78 is 5.75. The molecule has 6 heteroatoms. The average Bonchev–Trinajstić information content (AvgIpc) is 2.59. The number of nitrogen functional groups attached to an aromatic ring is 1. The summed E-state index contributed by atoms with van der Waals surface area (Å²) in [5.41, 5.74) is 7.56. The number of anilines is 2. The first kappa shape index (κ1) is 16.0. The van der Waals surface area contributed by atoms with Gasteiger partial charge in [0, 0.05) is 0 Å². The zero-order valence-electron chi connectivity index (χ0n) is 13.9. The summed E-state index contributed by atoms with van der Waals surface area (Å²) in [6.45, 7) is 5.51. The zero-order valence-corrected chi connectivity index (χ0v) is 13.9. The van der Waals surface area contributed by atoms with Gasteiger partial charge >= 0.3 is 0 Å². The molecule has 6 nitrogen and oxygen atoms in total. The second kappa shape index (κ2) is 7.12. The molecule has 3 rings (SSSR count). The number of fused-ring (bicyclic) bond motifs is 1. The second-order valence-electron chi connectivity index (χ2n) is 5.83. The molecule has 0 unspecified atom stereocenters. The molecular formula is C18H21N5O. The van der Waals surface area contributed by atoms with Crippen molar-refractivity contribution >= 4 is 22.7 Å². The van der Waals surface area contributed by atoms with Gasteiger partial charge in [0.1, 0.15) is 30.3 Å². The third-order valence-electron chi connectivity index (χ3n) is 3.73. The molecule has 0 aliphatic carbocycles. The van der Waals surface area contributed by atoms with Crippen molar-refractivity contribution in [3.05, 3.63) is 48.3 Å². The molecule has 0 saturated carbocycles. The largest absolute Gasteiger partial charge is 0.492 e. The van der Waals surface area contributed by atoms with Crippen molar-refractivity contribution in [3.8, 4) is 5.75 Å². The van der Waals surface area contributed by atoms with Gasteiger partial charge in [-0.1, -0.05) is 26.0 Å². The van der Waals surface area contributed by atoms with E-state index in [1.54, 1.807) is 6.07 Å². The number of nitrogens with two attached hydrogens (primary N) is 1. The fourth-order valence-electron chi connectivity index (χ4n) is 2.39. The van der Waals surface area contributed by atoms with Crippen molar-refractivity contribution in [3.63, 3.8) is 0 Å². The fraction of sp³-hybridized carbons (Fsp3) is 0.278. The summed E-state index contributed by atoms with van der Waals surface area (Å²) in [5, 5.41) is 4.09. The SMILES string of the molecule is CC(C)c1ccc(OCCNc2ncnc3nc(N)ccc23)cc1. The summed E-state index contributed by atoms with van der Waals surface area (Å²) in [4.78, 5) is 12.6. The molecule has 0 aliphatic rings. The highest BCUT2D eigenvalue weighted by atomic mass is 16.5. The number of pyridine rings is 1. The zero-order chi connectivity index (χ0) is 16.9. The summed E-state index contributed by atoms with van der Waals surface area (Å²) in [7, 11) is 0. The van der Waals surface area contributed by atoms with E-state index >= 15 is 0 Å². The van der Waals surface area contributed by atoms with Gasteiger partial charge in [-0.25, -0.2) is 15.0 Å². The van der Waals surface area contributed by atoms with Crippen molar-refractivity contribution in [2.45, 2.75) is 19.8 Å². The van der Waals surface area contributed by atoms with Gasteiger partial charge in [-0.2, -0.15) is 0 Å². The van der Waals surface area contributed by atoms with E-state index in [0.717, 1.165) is 17.0 Å². The topological polar surface area (TPSA) is 86.0 Å². The first-order chi connectivity index (χ1) is 11.6. The molecule has 2 heterocycles. The Hall–Kier alpha value is -2.89. The highest BCUT2D eigenvalue weighted by molar-refractivity contribution is 5.86. The summed E-state index contributed by atoms with van der Waals surface area (Å²) in [6.07, 6.45) is 1.47. The standard InChI is InChI=1S/C18H21N5O/c1-12(2)13-3-5-14(6-4-13)24-10-9-20-17-15-7-8-16(19)23-18(15)22-11-21-17/h3-8,11-12H,9-10H2,1-2H3,(H3,19,20,21,22,23). The number of ether oxygens (including phenoxy) is 1. The van der Waals surface area contributed by atoms with Crippen LogP contribution in [-0.2, 0) is 0 Å². The maximum Gasteiger partial charge on any atom is 0.166 e. The normalized spacial score (nSPS) is 11.0. The smallest absolute Gasteiger partial charge is 0.166 e. The van der Waals surface area contributed by atoms with Crippen LogP contribution in [0.15, 0.2) is 42.7 Å². The van der Waals surface area contributed by atoms with Crippen LogP contribution in [0.3, 0.4) is 0 Å². The lowest BCUT2D eigenvalue weighted by molar-refractivity contribution is 0.332. The fourth-order valence-corrected chi connectivity index (χ4v) is 2.39. The van der Waals surface area contributed by atoms with Crippen LogP contribution in [-0.4, -0.2) is 28.1 Å². The van der Waals surface area contributed by atoms with Gasteiger partial charge in [0.25, 0.3) is 0 Å². The summed E-state index contributed by atoms with van der Waals surface area (Å²) in [6, 6.07) is 11.8. The molecule has 2 aromatic heterocycles. The molecule has 0 radical (unpaired) electrons. The minimum atomic E-state index is 0.445. The molecule has 0 saturated heterocycles. The molecule has 0 amide bonds. The maximum absolute atomic E-state index is 5.75. The van der Waals surface area contributed by atoms with Crippen molar-refractivity contribution in [1.82, 2.24) is 15.0 Å². The van der Waals surface area contributed by atoms with Crippen LogP contribution in [0.25, 0.3) is 11.0 Å². The highest BCUT2D eigenvalue weighted by Crippen LogP contribution is 2.19. The number of nitrogens with zero attached hydrogens (tertiary/aromatic N) is 3. The molecule has 0 bridgehead atoms. The first-order valence-electron chi connectivity index (χ1n) is 7.97. The summed E-state index contributed by atoms with van der Waals surface area (Å²) >= 11 is 0. The number of nitrogens with one attached hydrogen (secondary N) is 1. The Balaban J connectivity index is 1.57. The third-order valence-corrected chi connectivity index (χ3v) is 3.73. The van der Waals surface area contributed by atoms with Crippen molar-refractivity contribution in [2.75, 3.05) is 24.2 Å². The Labute approximate surface area is 141 Å². The van der Waals surface area contributed by atoms with E-state index in [9.17, 15) is 0 Å². The Bertz CT molecular complexity index is 817. The van der Waals surface area contributed by atoms with E-state index in [2.05, 4.69) is 46.2 Å². The van der Waals surface area contributed by atoms with Crippen molar-refractivity contribution < 1.29 is 4.74 Å². The van der Waals surface area contributed by atoms with Gasteiger partial charge < -0.3 is 15.8 Å². The predicted molar refractivity (Wildman–Crippen MR) is 96.3 cm³/mol. The number of aromatic nitrogens is 3. The lowest BCUT2D eigenvalue weighted by Gasteiger charge is -2.11. The van der Waals surface area contributed by atoms with E-state index in [1.165, 1.54) is 11.9 Å². The van der Waals surface area contributed by atoms with Crippen molar-refractivity contribution in [1.29, 1.82) is 0 Å². The number of benzene rings is 1. The van der Waals surface area contributed by atoms with Crippen LogP contribution >= 0.6 is 0 Å². The molecule has 3 aromatic rings. The molecule has 0 aliphatic heterocycles. The van der Waals surface area contributed by atoms with Crippen LogP contribution in [0.1, 0.15) is 25.3 Å². The maximum atomic E-state index is 5.75. The summed E-state index contributed by atoms with van der Waals surface area (Å²) in [5.74, 6) is 2.56. The molecular weight excluding hydrogens is 302 g/mol. The third kappa shape index (κ3) is 3.71. The second-order valence-corrected chi connectivity index (χ2v) is 5.83. The van der Waals surface area contributed by atoms with Gasteiger partial charge in [0.2, 0.25) is 0 Å². The Morgan fingerprint density at radius 1 is 1.08 bits per heavy atom. The van der Waals surface area contributed by atoms with Gasteiger partial charge in [-0.15, -0.1) is 0 Å². The Kier molecular flexibility index (Phi) is 4.74. The van der Waals surface area contributed by atoms with Gasteiger partial charge in [0.15, 0.2) is 5.65 Å². The monoisotopic (exact) mass is 323 g/mol. The number of rotatable bonds is 6. The van der Waals surface area contributed by atoms with E-state index in [1.807, 2.05) is 18.2 Å². The molecule has 24 heavy (non-hydrogen) atoms. The highest BCUT2D eigenvalue weighted by Gasteiger charge is 2.05.